The maximum absolute atomic E-state index is 14.9. The molecule has 6 heteroatoms. The summed E-state index contributed by atoms with van der Waals surface area (Å²) < 4.78 is 69.6. The summed E-state index contributed by atoms with van der Waals surface area (Å²) in [6, 6.07) is 12.1. The van der Waals surface area contributed by atoms with Gasteiger partial charge < -0.3 is 9.47 Å². The van der Waals surface area contributed by atoms with Gasteiger partial charge in [0.15, 0.2) is 23.2 Å². The van der Waals surface area contributed by atoms with Crippen LogP contribution in [0.4, 0.5) is 17.6 Å². The number of allylic oxidation sites excluding steroid dienone is 1. The summed E-state index contributed by atoms with van der Waals surface area (Å²) in [5, 5.41) is 0. The van der Waals surface area contributed by atoms with E-state index in [0.29, 0.717) is 29.7 Å². The second-order valence-corrected chi connectivity index (χ2v) is 8.46. The van der Waals surface area contributed by atoms with Crippen molar-refractivity contribution in [2.75, 3.05) is 6.61 Å². The van der Waals surface area contributed by atoms with E-state index in [2.05, 4.69) is 0 Å². The lowest BCUT2D eigenvalue weighted by Crippen LogP contribution is -2.23. The Balaban J connectivity index is 1.58. The largest absolute Gasteiger partial charge is 0.462 e. The molecule has 0 saturated carbocycles. The SMILES string of the molecule is CC/C=C\Oc1ccc(-c2ccc(-c3ccc(C4CCC(C)OC4)c(F)c3F)cc2)c(F)c1F. The Kier molecular flexibility index (Phi) is 7.37. The molecule has 1 fully saturated rings. The van der Waals surface area contributed by atoms with Crippen LogP contribution < -0.4 is 4.74 Å². The van der Waals surface area contributed by atoms with Gasteiger partial charge in [0, 0.05) is 17.0 Å². The van der Waals surface area contributed by atoms with Crippen LogP contribution >= 0.6 is 0 Å². The number of benzene rings is 3. The van der Waals surface area contributed by atoms with Crippen LogP contribution in [-0.2, 0) is 4.74 Å². The monoisotopic (exact) mass is 470 g/mol. The fourth-order valence-corrected chi connectivity index (χ4v) is 4.12. The molecule has 1 saturated heterocycles. The van der Waals surface area contributed by atoms with Crippen LogP contribution in [-0.4, -0.2) is 12.7 Å². The van der Waals surface area contributed by atoms with Crippen LogP contribution in [0.25, 0.3) is 22.3 Å². The molecule has 0 aliphatic carbocycles. The normalized spacial score (nSPS) is 18.4. The fraction of sp³-hybridized carbons (Fsp3) is 0.286. The molecule has 2 unspecified atom stereocenters. The number of hydrogen-bond donors (Lipinski definition) is 0. The van der Waals surface area contributed by atoms with E-state index in [0.717, 1.165) is 12.8 Å². The lowest BCUT2D eigenvalue weighted by atomic mass is 9.89. The summed E-state index contributed by atoms with van der Waals surface area (Å²) in [5.41, 5.74) is 1.31. The lowest BCUT2D eigenvalue weighted by molar-refractivity contribution is 0.0147. The third-order valence-electron chi connectivity index (χ3n) is 6.14. The van der Waals surface area contributed by atoms with Crippen molar-refractivity contribution in [2.24, 2.45) is 0 Å². The molecular formula is C28H26F4O2. The molecule has 1 aliphatic rings. The fourth-order valence-electron chi connectivity index (χ4n) is 4.12. The van der Waals surface area contributed by atoms with Gasteiger partial charge in [0.25, 0.3) is 0 Å². The highest BCUT2D eigenvalue weighted by Crippen LogP contribution is 2.35. The molecule has 1 aliphatic heterocycles. The highest BCUT2D eigenvalue weighted by Gasteiger charge is 2.25. The molecule has 0 spiro atoms. The van der Waals surface area contributed by atoms with Gasteiger partial charge in [-0.1, -0.05) is 43.3 Å². The molecule has 0 N–H and O–H groups in total. The van der Waals surface area contributed by atoms with Gasteiger partial charge in [-0.3, -0.25) is 0 Å². The van der Waals surface area contributed by atoms with Crippen LogP contribution in [0, 0.1) is 23.3 Å². The molecule has 0 aromatic heterocycles. The van der Waals surface area contributed by atoms with Gasteiger partial charge in [0.1, 0.15) is 0 Å². The topological polar surface area (TPSA) is 18.5 Å². The first kappa shape index (κ1) is 24.0. The molecule has 34 heavy (non-hydrogen) atoms. The van der Waals surface area contributed by atoms with Gasteiger partial charge in [-0.25, -0.2) is 13.2 Å². The third-order valence-corrected chi connectivity index (χ3v) is 6.14. The first-order valence-corrected chi connectivity index (χ1v) is 11.4. The van der Waals surface area contributed by atoms with E-state index in [-0.39, 0.29) is 28.9 Å². The first-order valence-electron chi connectivity index (χ1n) is 11.4. The van der Waals surface area contributed by atoms with E-state index in [1.54, 1.807) is 42.5 Å². The summed E-state index contributed by atoms with van der Waals surface area (Å²) in [5.74, 6) is -4.32. The van der Waals surface area contributed by atoms with E-state index in [9.17, 15) is 17.6 Å². The summed E-state index contributed by atoms with van der Waals surface area (Å²) in [6.45, 7) is 4.23. The zero-order valence-corrected chi connectivity index (χ0v) is 19.1. The quantitative estimate of drug-likeness (QED) is 0.267. The van der Waals surface area contributed by atoms with Crippen molar-refractivity contribution >= 4 is 0 Å². The minimum Gasteiger partial charge on any atom is -0.462 e. The summed E-state index contributed by atoms with van der Waals surface area (Å²) in [7, 11) is 0. The van der Waals surface area contributed by atoms with E-state index in [4.69, 9.17) is 9.47 Å². The third kappa shape index (κ3) is 4.87. The van der Waals surface area contributed by atoms with Crippen molar-refractivity contribution in [3.05, 3.63) is 89.7 Å². The van der Waals surface area contributed by atoms with Gasteiger partial charge >= 0.3 is 0 Å². The maximum atomic E-state index is 14.9. The number of hydrogen-bond acceptors (Lipinski definition) is 2. The van der Waals surface area contributed by atoms with E-state index < -0.39 is 23.3 Å². The zero-order chi connectivity index (χ0) is 24.2. The van der Waals surface area contributed by atoms with Crippen LogP contribution in [0.15, 0.2) is 60.9 Å². The molecule has 2 nitrogen and oxygen atoms in total. The lowest BCUT2D eigenvalue weighted by Gasteiger charge is -2.27. The highest BCUT2D eigenvalue weighted by molar-refractivity contribution is 5.72. The molecular weight excluding hydrogens is 444 g/mol. The van der Waals surface area contributed by atoms with Crippen molar-refractivity contribution in [1.82, 2.24) is 0 Å². The Morgan fingerprint density at radius 1 is 0.824 bits per heavy atom. The number of halogens is 4. The van der Waals surface area contributed by atoms with E-state index >= 15 is 0 Å². The van der Waals surface area contributed by atoms with Crippen molar-refractivity contribution in [2.45, 2.75) is 45.1 Å². The average Bonchev–Trinajstić information content (AvgIpc) is 2.85. The van der Waals surface area contributed by atoms with E-state index in [1.807, 2.05) is 13.8 Å². The highest BCUT2D eigenvalue weighted by atomic mass is 19.2. The Hall–Kier alpha value is -3.12. The molecule has 0 amide bonds. The molecule has 1 heterocycles. The number of ether oxygens (including phenoxy) is 2. The predicted octanol–water partition coefficient (Wildman–Crippen LogP) is 8.16. The minimum atomic E-state index is -1.09. The second kappa shape index (κ2) is 10.4. The number of rotatable bonds is 6. The van der Waals surface area contributed by atoms with Crippen LogP contribution in [0.1, 0.15) is 44.6 Å². The van der Waals surface area contributed by atoms with Gasteiger partial charge in [0.05, 0.1) is 19.0 Å². The van der Waals surface area contributed by atoms with Crippen molar-refractivity contribution in [1.29, 1.82) is 0 Å². The molecule has 0 radical (unpaired) electrons. The standard InChI is InChI=1S/C28H26F4O2/c1-3-4-15-33-24-14-13-22(27(31)28(24)32)19-9-7-18(8-10-19)21-11-12-23(26(30)25(21)29)20-6-5-17(2)34-16-20/h4,7-15,17,20H,3,5-6,16H2,1-2H3/b15-4-. The molecule has 0 bridgehead atoms. The van der Waals surface area contributed by atoms with Crippen molar-refractivity contribution < 1.29 is 27.0 Å². The summed E-state index contributed by atoms with van der Waals surface area (Å²) in [4.78, 5) is 0. The average molecular weight is 471 g/mol. The Morgan fingerprint density at radius 3 is 2.03 bits per heavy atom. The Labute approximate surface area is 196 Å². The van der Waals surface area contributed by atoms with Gasteiger partial charge in [-0.2, -0.15) is 4.39 Å². The van der Waals surface area contributed by atoms with Crippen LogP contribution in [0.5, 0.6) is 5.75 Å². The van der Waals surface area contributed by atoms with Crippen molar-refractivity contribution in [3.63, 3.8) is 0 Å². The maximum Gasteiger partial charge on any atom is 0.201 e. The second-order valence-electron chi connectivity index (χ2n) is 8.46. The first-order chi connectivity index (χ1) is 16.4. The van der Waals surface area contributed by atoms with Crippen LogP contribution in [0.2, 0.25) is 0 Å². The molecule has 3 aromatic carbocycles. The smallest absolute Gasteiger partial charge is 0.201 e. The van der Waals surface area contributed by atoms with Crippen molar-refractivity contribution in [3.8, 4) is 28.0 Å². The summed E-state index contributed by atoms with van der Waals surface area (Å²) >= 11 is 0. The molecule has 2 atom stereocenters. The Morgan fingerprint density at radius 2 is 1.44 bits per heavy atom. The molecule has 4 rings (SSSR count). The molecule has 3 aromatic rings. The summed E-state index contributed by atoms with van der Waals surface area (Å²) in [6.07, 6.45) is 5.37. The predicted molar refractivity (Wildman–Crippen MR) is 125 cm³/mol. The minimum absolute atomic E-state index is 0.0457. The van der Waals surface area contributed by atoms with E-state index in [1.165, 1.54) is 18.4 Å². The zero-order valence-electron chi connectivity index (χ0n) is 19.1. The van der Waals surface area contributed by atoms with Gasteiger partial charge in [-0.15, -0.1) is 0 Å². The van der Waals surface area contributed by atoms with Gasteiger partial charge in [0.2, 0.25) is 5.82 Å². The van der Waals surface area contributed by atoms with Crippen LogP contribution in [0.3, 0.4) is 0 Å². The van der Waals surface area contributed by atoms with Gasteiger partial charge in [-0.05, 0) is 61.1 Å². The molecule has 178 valence electrons. The Bertz CT molecular complexity index is 1180.